The molecule has 2 aliphatic rings. The number of carbonyl (C=O) groups excluding carboxylic acids is 1. The lowest BCUT2D eigenvalue weighted by molar-refractivity contribution is -0.145. The molecule has 0 aliphatic carbocycles. The molecule has 0 aromatic heterocycles. The second-order valence-corrected chi connectivity index (χ2v) is 6.37. The van der Waals surface area contributed by atoms with Gasteiger partial charge in [0.25, 0.3) is 0 Å². The Morgan fingerprint density at radius 2 is 2.12 bits per heavy atom. The van der Waals surface area contributed by atoms with E-state index in [0.717, 1.165) is 24.8 Å². The van der Waals surface area contributed by atoms with E-state index in [9.17, 15) is 14.7 Å². The van der Waals surface area contributed by atoms with Crippen molar-refractivity contribution in [3.8, 4) is 0 Å². The standard InChI is InChI=1S/C18H23NO5/c20-16(19-17(18(21)22)13-5-3-8-23-11-13)10-15-14-6-2-1-4-12(14)7-9-24-15/h1-2,4,6,13,15,17H,3,5,7-11H2,(H,19,20)(H,21,22). The predicted octanol–water partition coefficient (Wildman–Crippen LogP) is 1.69. The number of benzene rings is 1. The Labute approximate surface area is 141 Å². The fourth-order valence-electron chi connectivity index (χ4n) is 3.46. The van der Waals surface area contributed by atoms with Crippen LogP contribution >= 0.6 is 0 Å². The molecule has 130 valence electrons. The highest BCUT2D eigenvalue weighted by Gasteiger charge is 2.32. The summed E-state index contributed by atoms with van der Waals surface area (Å²) in [6, 6.07) is 7.01. The molecule has 2 N–H and O–H groups in total. The summed E-state index contributed by atoms with van der Waals surface area (Å²) in [5, 5.41) is 12.1. The van der Waals surface area contributed by atoms with E-state index >= 15 is 0 Å². The van der Waals surface area contributed by atoms with E-state index in [2.05, 4.69) is 5.32 Å². The fourth-order valence-corrected chi connectivity index (χ4v) is 3.46. The Bertz CT molecular complexity index is 597. The first kappa shape index (κ1) is 16.9. The molecule has 1 aromatic carbocycles. The maximum atomic E-state index is 12.4. The van der Waals surface area contributed by atoms with Crippen LogP contribution in [-0.4, -0.2) is 42.8 Å². The van der Waals surface area contributed by atoms with Crippen molar-refractivity contribution in [2.75, 3.05) is 19.8 Å². The van der Waals surface area contributed by atoms with Crippen molar-refractivity contribution in [2.45, 2.75) is 37.8 Å². The molecular formula is C18H23NO5. The van der Waals surface area contributed by atoms with Gasteiger partial charge in [-0.2, -0.15) is 0 Å². The third-order valence-electron chi connectivity index (χ3n) is 4.71. The van der Waals surface area contributed by atoms with Crippen LogP contribution < -0.4 is 5.32 Å². The minimum atomic E-state index is -1.01. The number of aliphatic carboxylic acids is 1. The van der Waals surface area contributed by atoms with Crippen molar-refractivity contribution >= 4 is 11.9 Å². The van der Waals surface area contributed by atoms with Gasteiger partial charge < -0.3 is 19.9 Å². The molecule has 0 radical (unpaired) electrons. The first-order chi connectivity index (χ1) is 11.6. The van der Waals surface area contributed by atoms with Crippen molar-refractivity contribution in [2.24, 2.45) is 5.92 Å². The van der Waals surface area contributed by atoms with Crippen LogP contribution in [0.1, 0.15) is 36.5 Å². The minimum absolute atomic E-state index is 0.133. The molecule has 1 amide bonds. The van der Waals surface area contributed by atoms with Gasteiger partial charge in [-0.1, -0.05) is 24.3 Å². The second kappa shape index (κ2) is 7.77. The number of amides is 1. The molecule has 0 bridgehead atoms. The van der Waals surface area contributed by atoms with Crippen molar-refractivity contribution in [1.82, 2.24) is 5.32 Å². The number of ether oxygens (including phenoxy) is 2. The number of carboxylic acids is 1. The quantitative estimate of drug-likeness (QED) is 0.856. The molecule has 3 unspecified atom stereocenters. The van der Waals surface area contributed by atoms with Crippen LogP contribution in [0.4, 0.5) is 0 Å². The number of nitrogens with one attached hydrogen (secondary N) is 1. The largest absolute Gasteiger partial charge is 0.480 e. The lowest BCUT2D eigenvalue weighted by Gasteiger charge is -2.29. The Hall–Kier alpha value is -1.92. The number of hydrogen-bond donors (Lipinski definition) is 2. The van der Waals surface area contributed by atoms with Crippen molar-refractivity contribution in [1.29, 1.82) is 0 Å². The first-order valence-corrected chi connectivity index (χ1v) is 8.44. The lowest BCUT2D eigenvalue weighted by atomic mass is 9.92. The molecule has 2 heterocycles. The molecule has 3 rings (SSSR count). The maximum absolute atomic E-state index is 12.4. The molecular weight excluding hydrogens is 310 g/mol. The van der Waals surface area contributed by atoms with Gasteiger partial charge >= 0.3 is 5.97 Å². The van der Waals surface area contributed by atoms with Crippen LogP contribution in [0.5, 0.6) is 0 Å². The van der Waals surface area contributed by atoms with Crippen LogP contribution in [-0.2, 0) is 25.5 Å². The number of rotatable bonds is 5. The Morgan fingerprint density at radius 3 is 2.88 bits per heavy atom. The van der Waals surface area contributed by atoms with Crippen molar-refractivity contribution < 1.29 is 24.2 Å². The summed E-state index contributed by atoms with van der Waals surface area (Å²) in [4.78, 5) is 23.9. The summed E-state index contributed by atoms with van der Waals surface area (Å²) in [5.74, 6) is -1.49. The van der Waals surface area contributed by atoms with Gasteiger partial charge in [-0.05, 0) is 30.4 Å². The monoisotopic (exact) mass is 333 g/mol. The SMILES string of the molecule is O=C(CC1OCCc2ccccc21)NC(C(=O)O)C1CCCOC1. The number of hydrogen-bond acceptors (Lipinski definition) is 4. The number of carbonyl (C=O) groups is 2. The van der Waals surface area contributed by atoms with Crippen molar-refractivity contribution in [3.05, 3.63) is 35.4 Å². The summed E-state index contributed by atoms with van der Waals surface area (Å²) in [6.45, 7) is 1.61. The van der Waals surface area contributed by atoms with Gasteiger partial charge in [0.05, 0.1) is 25.7 Å². The van der Waals surface area contributed by atoms with E-state index in [1.54, 1.807) is 0 Å². The van der Waals surface area contributed by atoms with Crippen molar-refractivity contribution in [3.63, 3.8) is 0 Å². The fraction of sp³-hybridized carbons (Fsp3) is 0.556. The molecule has 6 heteroatoms. The van der Waals surface area contributed by atoms with E-state index in [4.69, 9.17) is 9.47 Å². The zero-order valence-electron chi connectivity index (χ0n) is 13.6. The molecule has 1 fully saturated rings. The van der Waals surface area contributed by atoms with Gasteiger partial charge in [0.15, 0.2) is 0 Å². The van der Waals surface area contributed by atoms with E-state index in [1.807, 2.05) is 24.3 Å². The third kappa shape index (κ3) is 3.94. The van der Waals surface area contributed by atoms with E-state index in [1.165, 1.54) is 5.56 Å². The van der Waals surface area contributed by atoms with Gasteiger partial charge in [0, 0.05) is 12.5 Å². The number of carboxylic acid groups (broad SMARTS) is 1. The van der Waals surface area contributed by atoms with Gasteiger partial charge in [0.2, 0.25) is 5.91 Å². The zero-order valence-corrected chi connectivity index (χ0v) is 13.6. The Balaban J connectivity index is 1.63. The van der Waals surface area contributed by atoms with Crippen LogP contribution in [0.15, 0.2) is 24.3 Å². The average molecular weight is 333 g/mol. The molecule has 2 aliphatic heterocycles. The van der Waals surface area contributed by atoms with Gasteiger partial charge in [-0.15, -0.1) is 0 Å². The van der Waals surface area contributed by atoms with Gasteiger partial charge in [-0.3, -0.25) is 4.79 Å². The van der Waals surface area contributed by atoms with E-state index in [0.29, 0.717) is 19.8 Å². The molecule has 6 nitrogen and oxygen atoms in total. The highest BCUT2D eigenvalue weighted by Crippen LogP contribution is 2.29. The van der Waals surface area contributed by atoms with Crippen LogP contribution in [0, 0.1) is 5.92 Å². The summed E-state index contributed by atoms with van der Waals surface area (Å²) in [6.07, 6.45) is 2.23. The molecule has 1 aromatic rings. The van der Waals surface area contributed by atoms with Gasteiger partial charge in [0.1, 0.15) is 6.04 Å². The highest BCUT2D eigenvalue weighted by atomic mass is 16.5. The topological polar surface area (TPSA) is 84.9 Å². The smallest absolute Gasteiger partial charge is 0.326 e. The predicted molar refractivity (Wildman–Crippen MR) is 86.6 cm³/mol. The summed E-state index contributed by atoms with van der Waals surface area (Å²) in [7, 11) is 0. The van der Waals surface area contributed by atoms with Crippen LogP contribution in [0.3, 0.4) is 0 Å². The molecule has 24 heavy (non-hydrogen) atoms. The Kier molecular flexibility index (Phi) is 5.48. The van der Waals surface area contributed by atoms with Crippen LogP contribution in [0.2, 0.25) is 0 Å². The Morgan fingerprint density at radius 1 is 1.29 bits per heavy atom. The molecule has 0 spiro atoms. The summed E-state index contributed by atoms with van der Waals surface area (Å²) >= 11 is 0. The number of fused-ring (bicyclic) bond motifs is 1. The summed E-state index contributed by atoms with van der Waals surface area (Å²) in [5.41, 5.74) is 2.21. The van der Waals surface area contributed by atoms with Crippen LogP contribution in [0.25, 0.3) is 0 Å². The summed E-state index contributed by atoms with van der Waals surface area (Å²) < 4.78 is 11.1. The third-order valence-corrected chi connectivity index (χ3v) is 4.71. The highest BCUT2D eigenvalue weighted by molar-refractivity contribution is 5.84. The van der Waals surface area contributed by atoms with E-state index in [-0.39, 0.29) is 24.3 Å². The molecule has 3 atom stereocenters. The average Bonchev–Trinajstić information content (AvgIpc) is 2.60. The van der Waals surface area contributed by atoms with Gasteiger partial charge in [-0.25, -0.2) is 4.79 Å². The first-order valence-electron chi connectivity index (χ1n) is 8.44. The second-order valence-electron chi connectivity index (χ2n) is 6.37. The molecule has 1 saturated heterocycles. The minimum Gasteiger partial charge on any atom is -0.480 e. The normalized spacial score (nSPS) is 24.7. The zero-order chi connectivity index (χ0) is 16.9. The molecule has 0 saturated carbocycles. The lowest BCUT2D eigenvalue weighted by Crippen LogP contribution is -2.48. The maximum Gasteiger partial charge on any atom is 0.326 e. The van der Waals surface area contributed by atoms with E-state index < -0.39 is 12.0 Å².